The molecular weight excluding hydrogens is 532 g/mol. The topological polar surface area (TPSA) is 113 Å². The second-order valence-electron chi connectivity index (χ2n) is 11.5. The molecule has 2 N–H and O–H groups in total. The molecule has 2 amide bonds. The van der Waals surface area contributed by atoms with Gasteiger partial charge in [-0.15, -0.1) is 0 Å². The lowest BCUT2D eigenvalue weighted by molar-refractivity contribution is 0.0991. The van der Waals surface area contributed by atoms with Crippen molar-refractivity contribution in [3.8, 4) is 11.1 Å². The predicted octanol–water partition coefficient (Wildman–Crippen LogP) is 4.55. The molecule has 10 heteroatoms. The Hall–Kier alpha value is -4.34. The number of rotatable bonds is 7. The number of carbonyl (C=O) groups excluding carboxylic acids is 1. The molecule has 4 heterocycles. The number of hydrogen-bond donors (Lipinski definition) is 2. The number of nitrogens with zero attached hydrogens (tertiary/aromatic N) is 5. The fraction of sp³-hybridized carbons (Fsp3) is 0.438. The van der Waals surface area contributed by atoms with Crippen molar-refractivity contribution in [3.63, 3.8) is 0 Å². The third-order valence-electron chi connectivity index (χ3n) is 8.33. The van der Waals surface area contributed by atoms with Gasteiger partial charge >= 0.3 is 6.09 Å². The van der Waals surface area contributed by atoms with Gasteiger partial charge in [-0.2, -0.15) is 0 Å². The van der Waals surface area contributed by atoms with E-state index in [1.807, 2.05) is 37.4 Å². The van der Waals surface area contributed by atoms with Gasteiger partial charge in [0.05, 0.1) is 0 Å². The van der Waals surface area contributed by atoms with E-state index in [1.165, 1.54) is 9.80 Å². The van der Waals surface area contributed by atoms with Gasteiger partial charge in [-0.3, -0.25) is 9.59 Å². The summed E-state index contributed by atoms with van der Waals surface area (Å²) < 4.78 is 0. The molecule has 42 heavy (non-hydrogen) atoms. The number of amides is 2. The van der Waals surface area contributed by atoms with E-state index in [0.29, 0.717) is 43.9 Å². The van der Waals surface area contributed by atoms with Gasteiger partial charge in [-0.25, -0.2) is 9.78 Å². The summed E-state index contributed by atoms with van der Waals surface area (Å²) in [7, 11) is 1.69. The minimum absolute atomic E-state index is 0.203. The molecule has 1 fully saturated rings. The van der Waals surface area contributed by atoms with Gasteiger partial charge in [-0.1, -0.05) is 13.3 Å². The second-order valence-corrected chi connectivity index (χ2v) is 11.5. The van der Waals surface area contributed by atoms with Crippen LogP contribution in [0.5, 0.6) is 0 Å². The van der Waals surface area contributed by atoms with Gasteiger partial charge in [0.25, 0.3) is 11.5 Å². The molecule has 1 aromatic carbocycles. The van der Waals surface area contributed by atoms with Crippen LogP contribution in [-0.4, -0.2) is 77.8 Å². The van der Waals surface area contributed by atoms with Crippen LogP contribution in [0.25, 0.3) is 11.1 Å². The Labute approximate surface area is 246 Å². The van der Waals surface area contributed by atoms with Gasteiger partial charge in [0.1, 0.15) is 11.5 Å². The lowest BCUT2D eigenvalue weighted by Gasteiger charge is -2.33. The van der Waals surface area contributed by atoms with Crippen molar-refractivity contribution in [1.82, 2.24) is 14.9 Å². The predicted molar refractivity (Wildman–Crippen MR) is 166 cm³/mol. The van der Waals surface area contributed by atoms with Gasteiger partial charge in [0.15, 0.2) is 0 Å². The fourth-order valence-electron chi connectivity index (χ4n) is 6.15. The number of pyridine rings is 2. The van der Waals surface area contributed by atoms with Crippen LogP contribution in [-0.2, 0) is 12.8 Å². The highest BCUT2D eigenvalue weighted by Gasteiger charge is 2.30. The Morgan fingerprint density at radius 2 is 1.81 bits per heavy atom. The van der Waals surface area contributed by atoms with Crippen LogP contribution in [0, 0.1) is 6.92 Å². The molecule has 0 saturated carbocycles. The summed E-state index contributed by atoms with van der Waals surface area (Å²) in [4.78, 5) is 53.5. The number of aromatic nitrogens is 2. The first-order chi connectivity index (χ1) is 20.1. The monoisotopic (exact) mass is 572 g/mol. The number of piperazine rings is 1. The molecule has 0 aliphatic carbocycles. The number of nitrogens with one attached hydrogen (secondary N) is 1. The molecular formula is C32H40N6O4. The van der Waals surface area contributed by atoms with Crippen LogP contribution in [0.1, 0.15) is 54.4 Å². The Morgan fingerprint density at radius 3 is 2.43 bits per heavy atom. The molecule has 2 aliphatic rings. The zero-order valence-electron chi connectivity index (χ0n) is 25.1. The molecule has 0 radical (unpaired) electrons. The number of aryl methyl sites for hydroxylation is 2. The average molecular weight is 573 g/mol. The zero-order valence-corrected chi connectivity index (χ0v) is 25.1. The first-order valence-electron chi connectivity index (χ1n) is 14.7. The van der Waals surface area contributed by atoms with E-state index in [-0.39, 0.29) is 17.5 Å². The van der Waals surface area contributed by atoms with E-state index < -0.39 is 6.09 Å². The number of carboxylic acid groups (broad SMARTS) is 1. The molecule has 222 valence electrons. The number of anilines is 3. The Bertz CT molecular complexity index is 1540. The minimum Gasteiger partial charge on any atom is -0.465 e. The SMILES string of the molecule is CCCc1cc(C)[nH]c(=O)c1N(C)C(=O)c1cc(-c2ccc(N3CCN(C(=O)O)CC3)nc2)cc2c1CCN2C(C)C. The van der Waals surface area contributed by atoms with Crippen LogP contribution in [0.2, 0.25) is 0 Å². The highest BCUT2D eigenvalue weighted by atomic mass is 16.4. The van der Waals surface area contributed by atoms with E-state index in [2.05, 4.69) is 41.6 Å². The van der Waals surface area contributed by atoms with Crippen LogP contribution < -0.4 is 20.3 Å². The standard InChI is InChI=1S/C32H40N6O4/c1-6-7-22-16-21(4)34-30(39)29(22)35(5)31(40)26-17-24(18-27-25(26)10-11-38(27)20(2)3)23-8-9-28(33-19-23)36-12-14-37(15-13-36)32(41)42/h8-9,16-20H,6-7,10-15H2,1-5H3,(H,34,39)(H,41,42). The Kier molecular flexibility index (Phi) is 8.24. The lowest BCUT2D eigenvalue weighted by atomic mass is 9.96. The van der Waals surface area contributed by atoms with Gasteiger partial charge < -0.3 is 29.7 Å². The Balaban J connectivity index is 1.51. The molecule has 0 spiro atoms. The summed E-state index contributed by atoms with van der Waals surface area (Å²) in [5.41, 5.74) is 6.22. The third kappa shape index (κ3) is 5.57. The van der Waals surface area contributed by atoms with Crippen LogP contribution in [0.15, 0.2) is 41.3 Å². The van der Waals surface area contributed by atoms with Crippen molar-refractivity contribution >= 4 is 29.2 Å². The van der Waals surface area contributed by atoms with Crippen LogP contribution in [0.4, 0.5) is 22.0 Å². The van der Waals surface area contributed by atoms with Gasteiger partial charge in [-0.05, 0) is 80.6 Å². The molecule has 2 aromatic heterocycles. The average Bonchev–Trinajstić information content (AvgIpc) is 3.41. The molecule has 10 nitrogen and oxygen atoms in total. The maximum absolute atomic E-state index is 14.2. The molecule has 5 rings (SSSR count). The van der Waals surface area contributed by atoms with Crippen molar-refractivity contribution in [2.45, 2.75) is 53.0 Å². The first-order valence-corrected chi connectivity index (χ1v) is 14.7. The molecule has 3 aromatic rings. The van der Waals surface area contributed by atoms with Gasteiger partial charge in [0, 0.05) is 74.5 Å². The van der Waals surface area contributed by atoms with Crippen molar-refractivity contribution < 1.29 is 14.7 Å². The summed E-state index contributed by atoms with van der Waals surface area (Å²) in [6.45, 7) is 11.1. The fourth-order valence-corrected chi connectivity index (χ4v) is 6.15. The van der Waals surface area contributed by atoms with Crippen LogP contribution >= 0.6 is 0 Å². The highest BCUT2D eigenvalue weighted by Crippen LogP contribution is 2.38. The van der Waals surface area contributed by atoms with Crippen molar-refractivity contribution in [1.29, 1.82) is 0 Å². The van der Waals surface area contributed by atoms with E-state index in [1.54, 1.807) is 7.05 Å². The normalized spacial score (nSPS) is 14.9. The van der Waals surface area contributed by atoms with Crippen molar-refractivity contribution in [2.24, 2.45) is 0 Å². The van der Waals surface area contributed by atoms with E-state index >= 15 is 0 Å². The quantitative estimate of drug-likeness (QED) is 0.427. The minimum atomic E-state index is -0.894. The summed E-state index contributed by atoms with van der Waals surface area (Å²) in [6.07, 6.45) is 3.26. The summed E-state index contributed by atoms with van der Waals surface area (Å²) in [6, 6.07) is 10.3. The van der Waals surface area contributed by atoms with Crippen molar-refractivity contribution in [3.05, 3.63) is 69.3 Å². The van der Waals surface area contributed by atoms with E-state index in [9.17, 15) is 19.5 Å². The van der Waals surface area contributed by atoms with Crippen molar-refractivity contribution in [2.75, 3.05) is 54.5 Å². The molecule has 2 aliphatic heterocycles. The molecule has 0 unspecified atom stereocenters. The lowest BCUT2D eigenvalue weighted by Crippen LogP contribution is -2.48. The Morgan fingerprint density at radius 1 is 1.07 bits per heavy atom. The van der Waals surface area contributed by atoms with Gasteiger partial charge in [0.2, 0.25) is 0 Å². The molecule has 0 bridgehead atoms. The number of aromatic amines is 1. The number of H-pyrrole nitrogens is 1. The van der Waals surface area contributed by atoms with Crippen LogP contribution in [0.3, 0.4) is 0 Å². The van der Waals surface area contributed by atoms with E-state index in [0.717, 1.165) is 58.8 Å². The zero-order chi connectivity index (χ0) is 30.1. The number of carbonyl (C=O) groups is 2. The maximum atomic E-state index is 14.2. The van der Waals surface area contributed by atoms with E-state index in [4.69, 9.17) is 4.98 Å². The smallest absolute Gasteiger partial charge is 0.407 e. The highest BCUT2D eigenvalue weighted by molar-refractivity contribution is 6.09. The maximum Gasteiger partial charge on any atom is 0.407 e. The summed E-state index contributed by atoms with van der Waals surface area (Å²) >= 11 is 0. The number of fused-ring (bicyclic) bond motifs is 1. The molecule has 1 saturated heterocycles. The third-order valence-corrected chi connectivity index (χ3v) is 8.33. The summed E-state index contributed by atoms with van der Waals surface area (Å²) in [5, 5.41) is 9.24. The first kappa shape index (κ1) is 29.2. The second kappa shape index (κ2) is 11.9. The number of hydrogen-bond acceptors (Lipinski definition) is 6. The number of benzene rings is 1. The summed E-state index contributed by atoms with van der Waals surface area (Å²) in [5.74, 6) is 0.595. The largest absolute Gasteiger partial charge is 0.465 e. The molecule has 0 atom stereocenters.